The van der Waals surface area contributed by atoms with Crippen molar-refractivity contribution < 1.29 is 17.0 Å². The monoisotopic (exact) mass is 384 g/mol. The van der Waals surface area contributed by atoms with Crippen LogP contribution in [0.1, 0.15) is 38.5 Å². The zero-order valence-corrected chi connectivity index (χ0v) is 16.8. The second-order valence-electron chi connectivity index (χ2n) is 5.69. The van der Waals surface area contributed by atoms with Gasteiger partial charge in [-0.2, -0.15) is 0 Å². The van der Waals surface area contributed by atoms with Crippen LogP contribution in [-0.4, -0.2) is 0 Å². The Morgan fingerprint density at radius 3 is 1.61 bits per heavy atom. The summed E-state index contributed by atoms with van der Waals surface area (Å²) in [6.07, 6.45) is 26.1. The summed E-state index contributed by atoms with van der Waals surface area (Å²) in [4.78, 5) is 0. The first-order valence-corrected chi connectivity index (χ1v) is 12.5. The van der Waals surface area contributed by atoms with Crippen molar-refractivity contribution in [3.63, 3.8) is 0 Å². The molecule has 0 aromatic carbocycles. The molecule has 4 rings (SSSR count). The Labute approximate surface area is 159 Å². The molecule has 2 fully saturated rings. The molecule has 0 heterocycles. The predicted molar refractivity (Wildman–Crippen MR) is 101 cm³/mol. The third kappa shape index (κ3) is 7.44. The van der Waals surface area contributed by atoms with Crippen LogP contribution in [0.25, 0.3) is 0 Å². The molecule has 4 aliphatic carbocycles. The summed E-state index contributed by atoms with van der Waals surface area (Å²) in [6, 6.07) is 0. The molecule has 126 valence electrons. The summed E-state index contributed by atoms with van der Waals surface area (Å²) in [5.41, 5.74) is 3.16. The quantitative estimate of drug-likeness (QED) is 0.236. The van der Waals surface area contributed by atoms with Gasteiger partial charge in [0.2, 0.25) is 0 Å². The van der Waals surface area contributed by atoms with Crippen molar-refractivity contribution in [2.75, 3.05) is 0 Å². The molecule has 0 radical (unpaired) electrons. The molecule has 0 saturated heterocycles. The van der Waals surface area contributed by atoms with Crippen LogP contribution in [0, 0.1) is 24.7 Å². The van der Waals surface area contributed by atoms with Gasteiger partial charge in [-0.05, 0) is 24.7 Å². The van der Waals surface area contributed by atoms with Crippen LogP contribution in [0.2, 0.25) is 0 Å². The maximum absolute atomic E-state index is 4.89. The van der Waals surface area contributed by atoms with E-state index in [1.807, 2.05) is 0 Å². The molecule has 23 heavy (non-hydrogen) atoms. The molecule has 4 aliphatic rings. The fraction of sp³-hybridized carbons (Fsp3) is 0.400. The Bertz CT molecular complexity index is 409. The minimum absolute atomic E-state index is 0.556. The second-order valence-corrected chi connectivity index (χ2v) is 8.27. The molecule has 0 spiro atoms. The molecular weight excluding hydrogens is 359 g/mol. The van der Waals surface area contributed by atoms with Gasteiger partial charge in [-0.1, -0.05) is 12.8 Å². The topological polar surface area (TPSA) is 0 Å². The van der Waals surface area contributed by atoms with Crippen molar-refractivity contribution >= 4 is 18.6 Å². The van der Waals surface area contributed by atoms with Crippen molar-refractivity contribution in [3.8, 4) is 0 Å². The number of halogens is 2. The van der Waals surface area contributed by atoms with Crippen molar-refractivity contribution in [3.05, 3.63) is 73.6 Å². The summed E-state index contributed by atoms with van der Waals surface area (Å²) in [7, 11) is 9.78. The molecule has 0 aliphatic heterocycles. The van der Waals surface area contributed by atoms with Gasteiger partial charge in [-0.15, -0.1) is 50.3 Å². The van der Waals surface area contributed by atoms with E-state index in [4.69, 9.17) is 18.6 Å². The number of fused-ring (bicyclic) bond motifs is 2. The van der Waals surface area contributed by atoms with Crippen LogP contribution >= 0.6 is 18.6 Å². The van der Waals surface area contributed by atoms with Gasteiger partial charge in [-0.25, -0.2) is 36.1 Å². The molecule has 0 amide bonds. The normalized spacial score (nSPS) is 25.1. The first-order valence-electron chi connectivity index (χ1n) is 8.21. The first-order chi connectivity index (χ1) is 11.3. The van der Waals surface area contributed by atoms with Crippen LogP contribution in [0.15, 0.2) is 60.8 Å². The molecular formula is C20H26Cl2Ti-2. The van der Waals surface area contributed by atoms with Crippen LogP contribution in [-0.2, 0) is 17.0 Å². The van der Waals surface area contributed by atoms with Gasteiger partial charge >= 0.3 is 35.6 Å². The summed E-state index contributed by atoms with van der Waals surface area (Å²) < 4.78 is 0. The van der Waals surface area contributed by atoms with E-state index < -0.39 is 17.0 Å². The number of hydrogen-bond acceptors (Lipinski definition) is 0. The molecule has 2 atom stereocenters. The summed E-state index contributed by atoms with van der Waals surface area (Å²) in [5, 5.41) is 0. The first kappa shape index (κ1) is 20.8. The van der Waals surface area contributed by atoms with Gasteiger partial charge in [0, 0.05) is 0 Å². The fourth-order valence-corrected chi connectivity index (χ4v) is 3.33. The van der Waals surface area contributed by atoms with Crippen LogP contribution in [0.5, 0.6) is 0 Å². The Balaban J connectivity index is 0.000000181. The number of rotatable bonds is 0. The molecule has 2 unspecified atom stereocenters. The van der Waals surface area contributed by atoms with E-state index in [0.29, 0.717) is 0 Å². The third-order valence-electron chi connectivity index (χ3n) is 4.42. The SMILES string of the molecule is C1=CCC2CC[CH-]C2=C1.C1=CCC2CC[CH-]C2=C1.C=C.[Cl][Ti][Cl]. The minimum atomic E-state index is -0.556. The Morgan fingerprint density at radius 1 is 0.870 bits per heavy atom. The van der Waals surface area contributed by atoms with Gasteiger partial charge < -0.3 is 0 Å². The molecule has 0 nitrogen and oxygen atoms in total. The van der Waals surface area contributed by atoms with Crippen LogP contribution < -0.4 is 0 Å². The third-order valence-corrected chi connectivity index (χ3v) is 4.42. The van der Waals surface area contributed by atoms with Gasteiger partial charge in [0.25, 0.3) is 0 Å². The Hall–Kier alpha value is -0.266. The van der Waals surface area contributed by atoms with Crippen molar-refractivity contribution in [2.45, 2.75) is 38.5 Å². The molecule has 0 aromatic heterocycles. The van der Waals surface area contributed by atoms with Gasteiger partial charge in [-0.3, -0.25) is 0 Å². The van der Waals surface area contributed by atoms with Gasteiger partial charge in [0.15, 0.2) is 0 Å². The van der Waals surface area contributed by atoms with Crippen LogP contribution in [0.3, 0.4) is 0 Å². The van der Waals surface area contributed by atoms with E-state index in [2.05, 4.69) is 62.5 Å². The molecule has 0 aromatic rings. The zero-order chi connectivity index (χ0) is 16.9. The summed E-state index contributed by atoms with van der Waals surface area (Å²) in [5.74, 6) is 1.77. The van der Waals surface area contributed by atoms with E-state index in [1.165, 1.54) is 38.5 Å². The number of hydrogen-bond donors (Lipinski definition) is 0. The fourth-order valence-electron chi connectivity index (χ4n) is 3.33. The molecule has 0 bridgehead atoms. The standard InChI is InChI=1S/2C9H11.C2H4.2ClH.Ti/c2*1-2-5-9-7-3-6-8(9)4-1;1-2;;;/h2*1-2,4,6,9H,3,5,7H2;1-2H2;2*1H;/q2*-1;;;;+2/p-2. The van der Waals surface area contributed by atoms with E-state index in [9.17, 15) is 0 Å². The average molecular weight is 385 g/mol. The second kappa shape index (κ2) is 13.1. The van der Waals surface area contributed by atoms with Gasteiger partial charge in [0.1, 0.15) is 0 Å². The van der Waals surface area contributed by atoms with Gasteiger partial charge in [0.05, 0.1) is 0 Å². The Kier molecular flexibility index (Phi) is 11.8. The van der Waals surface area contributed by atoms with E-state index >= 15 is 0 Å². The summed E-state index contributed by atoms with van der Waals surface area (Å²) in [6.45, 7) is 6.00. The van der Waals surface area contributed by atoms with Crippen molar-refractivity contribution in [2.24, 2.45) is 11.8 Å². The van der Waals surface area contributed by atoms with E-state index in [-0.39, 0.29) is 0 Å². The van der Waals surface area contributed by atoms with E-state index in [0.717, 1.165) is 11.8 Å². The van der Waals surface area contributed by atoms with E-state index in [1.54, 1.807) is 11.1 Å². The average Bonchev–Trinajstić information content (AvgIpc) is 3.27. The molecule has 0 N–H and O–H groups in total. The van der Waals surface area contributed by atoms with Crippen molar-refractivity contribution in [1.82, 2.24) is 0 Å². The zero-order valence-electron chi connectivity index (χ0n) is 13.7. The predicted octanol–water partition coefficient (Wildman–Crippen LogP) is 7.15. The molecule has 3 heteroatoms. The Morgan fingerprint density at radius 2 is 1.26 bits per heavy atom. The van der Waals surface area contributed by atoms with Crippen molar-refractivity contribution in [1.29, 1.82) is 0 Å². The van der Waals surface area contributed by atoms with Crippen LogP contribution in [0.4, 0.5) is 0 Å². The summed E-state index contributed by atoms with van der Waals surface area (Å²) >= 11 is -0.556. The molecule has 2 saturated carbocycles. The number of allylic oxidation sites excluding steroid dienone is 8. The maximum atomic E-state index is 4.89.